The number of hydrogen-bond acceptors (Lipinski definition) is 4. The fourth-order valence-electron chi connectivity index (χ4n) is 3.29. The van der Waals surface area contributed by atoms with E-state index in [0.717, 1.165) is 36.4 Å². The van der Waals surface area contributed by atoms with E-state index < -0.39 is 0 Å². The van der Waals surface area contributed by atoms with Crippen LogP contribution in [0.25, 0.3) is 0 Å². The number of aliphatic hydroxyl groups is 1. The Bertz CT molecular complexity index is 423. The normalized spacial score (nSPS) is 32.8. The van der Waals surface area contributed by atoms with Crippen LogP contribution in [0, 0.1) is 5.92 Å². The van der Waals surface area contributed by atoms with E-state index in [1.54, 1.807) is 0 Å². The minimum absolute atomic E-state index is 0.220. The van der Waals surface area contributed by atoms with Crippen LogP contribution in [0.1, 0.15) is 25.0 Å². The summed E-state index contributed by atoms with van der Waals surface area (Å²) in [6, 6.07) is 4.35. The highest BCUT2D eigenvalue weighted by Gasteiger charge is 2.37. The predicted octanol–water partition coefficient (Wildman–Crippen LogP) is 2.40. The molecule has 3 heterocycles. The molecule has 19 heavy (non-hydrogen) atoms. The van der Waals surface area contributed by atoms with Gasteiger partial charge in [0.25, 0.3) is 0 Å². The predicted molar refractivity (Wildman–Crippen MR) is 74.8 cm³/mol. The first-order valence-corrected chi connectivity index (χ1v) is 7.77. The van der Waals surface area contributed by atoms with Gasteiger partial charge >= 0.3 is 0 Å². The summed E-state index contributed by atoms with van der Waals surface area (Å²) in [6.45, 7) is 3.27. The zero-order valence-corrected chi connectivity index (χ0v) is 12.5. The molecule has 3 unspecified atom stereocenters. The SMILES string of the molecule is OC1CCOCC1C1CCCN1Cc1ccc(Br)o1. The summed E-state index contributed by atoms with van der Waals surface area (Å²) < 4.78 is 11.9. The third-order valence-electron chi connectivity index (χ3n) is 4.26. The Morgan fingerprint density at radius 2 is 2.26 bits per heavy atom. The molecular formula is C14H20BrNO3. The molecule has 1 aromatic rings. The highest BCUT2D eigenvalue weighted by molar-refractivity contribution is 9.10. The van der Waals surface area contributed by atoms with Crippen molar-refractivity contribution in [3.63, 3.8) is 0 Å². The quantitative estimate of drug-likeness (QED) is 0.924. The Hall–Kier alpha value is -0.360. The summed E-state index contributed by atoms with van der Waals surface area (Å²) in [6.07, 6.45) is 2.88. The number of ether oxygens (including phenoxy) is 1. The monoisotopic (exact) mass is 329 g/mol. The minimum Gasteiger partial charge on any atom is -0.453 e. The van der Waals surface area contributed by atoms with Gasteiger partial charge in [-0.05, 0) is 53.9 Å². The van der Waals surface area contributed by atoms with E-state index in [0.29, 0.717) is 19.3 Å². The van der Waals surface area contributed by atoms with E-state index in [1.807, 2.05) is 12.1 Å². The molecule has 0 aromatic carbocycles. The molecule has 1 N–H and O–H groups in total. The maximum absolute atomic E-state index is 10.2. The second-order valence-electron chi connectivity index (χ2n) is 5.48. The molecule has 5 heteroatoms. The lowest BCUT2D eigenvalue weighted by Gasteiger charge is -2.36. The van der Waals surface area contributed by atoms with Crippen molar-refractivity contribution in [2.45, 2.75) is 38.0 Å². The summed E-state index contributed by atoms with van der Waals surface area (Å²) in [5, 5.41) is 10.2. The van der Waals surface area contributed by atoms with Crippen LogP contribution in [0.3, 0.4) is 0 Å². The van der Waals surface area contributed by atoms with Gasteiger partial charge in [-0.15, -0.1) is 0 Å². The van der Waals surface area contributed by atoms with Crippen molar-refractivity contribution >= 4 is 15.9 Å². The van der Waals surface area contributed by atoms with Crippen molar-refractivity contribution in [1.29, 1.82) is 0 Å². The van der Waals surface area contributed by atoms with Gasteiger partial charge in [0.2, 0.25) is 0 Å². The number of furan rings is 1. The van der Waals surface area contributed by atoms with Gasteiger partial charge < -0.3 is 14.3 Å². The van der Waals surface area contributed by atoms with E-state index >= 15 is 0 Å². The van der Waals surface area contributed by atoms with E-state index in [9.17, 15) is 5.11 Å². The molecule has 2 saturated heterocycles. The average molecular weight is 330 g/mol. The highest BCUT2D eigenvalue weighted by atomic mass is 79.9. The molecule has 2 aliphatic heterocycles. The third kappa shape index (κ3) is 3.05. The van der Waals surface area contributed by atoms with Gasteiger partial charge in [-0.2, -0.15) is 0 Å². The smallest absolute Gasteiger partial charge is 0.169 e. The molecule has 0 saturated carbocycles. The summed E-state index contributed by atoms with van der Waals surface area (Å²) >= 11 is 3.34. The summed E-state index contributed by atoms with van der Waals surface area (Å²) in [5.74, 6) is 1.22. The van der Waals surface area contributed by atoms with Gasteiger partial charge in [0.05, 0.1) is 19.3 Å². The van der Waals surface area contributed by atoms with Crippen LogP contribution >= 0.6 is 15.9 Å². The molecule has 0 aliphatic carbocycles. The van der Waals surface area contributed by atoms with Crippen LogP contribution in [0.15, 0.2) is 21.2 Å². The van der Waals surface area contributed by atoms with Crippen LogP contribution < -0.4 is 0 Å². The second kappa shape index (κ2) is 5.95. The molecule has 4 nitrogen and oxygen atoms in total. The maximum atomic E-state index is 10.2. The fraction of sp³-hybridized carbons (Fsp3) is 0.714. The van der Waals surface area contributed by atoms with Crippen molar-refractivity contribution < 1.29 is 14.3 Å². The molecule has 106 valence electrons. The number of aliphatic hydroxyl groups excluding tert-OH is 1. The molecule has 0 amide bonds. The Morgan fingerprint density at radius 1 is 1.37 bits per heavy atom. The zero-order chi connectivity index (χ0) is 13.2. The standard InChI is InChI=1S/C14H20BrNO3/c15-14-4-3-10(19-14)8-16-6-1-2-12(16)11-9-18-7-5-13(11)17/h3-4,11-13,17H,1-2,5-9H2. The van der Waals surface area contributed by atoms with Crippen molar-refractivity contribution in [3.05, 3.63) is 22.6 Å². The molecule has 2 fully saturated rings. The number of nitrogens with zero attached hydrogens (tertiary/aromatic N) is 1. The number of halogens is 1. The fourth-order valence-corrected chi connectivity index (χ4v) is 3.63. The molecule has 0 radical (unpaired) electrons. The summed E-state index contributed by atoms with van der Waals surface area (Å²) in [7, 11) is 0. The van der Waals surface area contributed by atoms with Gasteiger partial charge in [-0.25, -0.2) is 0 Å². The third-order valence-corrected chi connectivity index (χ3v) is 4.68. The number of hydrogen-bond donors (Lipinski definition) is 1. The first-order valence-electron chi connectivity index (χ1n) is 6.98. The molecule has 3 rings (SSSR count). The molecule has 0 bridgehead atoms. The number of rotatable bonds is 3. The first kappa shape index (κ1) is 13.6. The van der Waals surface area contributed by atoms with Gasteiger partial charge in [-0.1, -0.05) is 0 Å². The van der Waals surface area contributed by atoms with Crippen molar-refractivity contribution in [2.24, 2.45) is 5.92 Å². The lowest BCUT2D eigenvalue weighted by molar-refractivity contribution is -0.0641. The Labute approximate surface area is 121 Å². The van der Waals surface area contributed by atoms with Crippen LogP contribution in [-0.2, 0) is 11.3 Å². The Morgan fingerprint density at radius 3 is 3.00 bits per heavy atom. The van der Waals surface area contributed by atoms with Crippen LogP contribution in [0.5, 0.6) is 0 Å². The van der Waals surface area contributed by atoms with E-state index in [2.05, 4.69) is 20.8 Å². The Kier molecular flexibility index (Phi) is 4.27. The molecule has 2 aliphatic rings. The van der Waals surface area contributed by atoms with Crippen LogP contribution in [0.2, 0.25) is 0 Å². The van der Waals surface area contributed by atoms with E-state index in [1.165, 1.54) is 6.42 Å². The van der Waals surface area contributed by atoms with Crippen molar-refractivity contribution in [3.8, 4) is 0 Å². The topological polar surface area (TPSA) is 45.8 Å². The van der Waals surface area contributed by atoms with Crippen LogP contribution in [-0.4, -0.2) is 41.9 Å². The van der Waals surface area contributed by atoms with Gasteiger partial charge in [0.1, 0.15) is 5.76 Å². The second-order valence-corrected chi connectivity index (χ2v) is 6.26. The van der Waals surface area contributed by atoms with Crippen molar-refractivity contribution in [1.82, 2.24) is 4.90 Å². The zero-order valence-electron chi connectivity index (χ0n) is 10.9. The average Bonchev–Trinajstić information content (AvgIpc) is 3.00. The van der Waals surface area contributed by atoms with Crippen LogP contribution in [0.4, 0.5) is 0 Å². The minimum atomic E-state index is -0.220. The summed E-state index contributed by atoms with van der Waals surface area (Å²) in [4.78, 5) is 2.42. The molecule has 1 aromatic heterocycles. The number of likely N-dealkylation sites (tertiary alicyclic amines) is 1. The van der Waals surface area contributed by atoms with E-state index in [4.69, 9.17) is 9.15 Å². The first-order chi connectivity index (χ1) is 9.24. The molecule has 0 spiro atoms. The molecular weight excluding hydrogens is 310 g/mol. The van der Waals surface area contributed by atoms with Gasteiger partial charge in [-0.3, -0.25) is 4.90 Å². The van der Waals surface area contributed by atoms with Gasteiger partial charge in [0, 0.05) is 18.6 Å². The summed E-state index contributed by atoms with van der Waals surface area (Å²) in [5.41, 5.74) is 0. The van der Waals surface area contributed by atoms with E-state index in [-0.39, 0.29) is 12.0 Å². The Balaban J connectivity index is 1.67. The lowest BCUT2D eigenvalue weighted by atomic mass is 9.89. The largest absolute Gasteiger partial charge is 0.453 e. The maximum Gasteiger partial charge on any atom is 0.169 e. The van der Waals surface area contributed by atoms with Gasteiger partial charge in [0.15, 0.2) is 4.67 Å². The van der Waals surface area contributed by atoms with Crippen molar-refractivity contribution in [2.75, 3.05) is 19.8 Å². The lowest BCUT2D eigenvalue weighted by Crippen LogP contribution is -2.45. The molecule has 3 atom stereocenters. The highest BCUT2D eigenvalue weighted by Crippen LogP contribution is 2.31.